The number of carbonyl (C=O) groups excluding carboxylic acids is 2. The first-order valence-corrected chi connectivity index (χ1v) is 8.58. The fraction of sp³-hybridized carbons (Fsp3) is 0.368. The van der Waals surface area contributed by atoms with E-state index >= 15 is 0 Å². The maximum absolute atomic E-state index is 12.5. The zero-order chi connectivity index (χ0) is 18.5. The first kappa shape index (κ1) is 20.8. The molecule has 0 saturated carbocycles. The highest BCUT2D eigenvalue weighted by molar-refractivity contribution is 5.94. The molecule has 1 aromatic heterocycles. The number of nitrogens with zero attached hydrogens (tertiary/aromatic N) is 2. The number of methoxy groups -OCH3 is 1. The Balaban J connectivity index is 0.00000261. The molecular weight excluding hydrogens is 370 g/mol. The fourth-order valence-electron chi connectivity index (χ4n) is 3.01. The third kappa shape index (κ3) is 5.02. The van der Waals surface area contributed by atoms with Crippen LogP contribution in [0, 0.1) is 0 Å². The molecule has 0 spiro atoms. The number of furan rings is 1. The molecule has 2 heterocycles. The lowest BCUT2D eigenvalue weighted by atomic mass is 10.1. The third-order valence-electron chi connectivity index (χ3n) is 4.51. The number of halogens is 1. The van der Waals surface area contributed by atoms with Crippen molar-refractivity contribution in [2.24, 2.45) is 5.73 Å². The van der Waals surface area contributed by atoms with Crippen LogP contribution in [0.5, 0.6) is 5.75 Å². The van der Waals surface area contributed by atoms with E-state index in [1.54, 1.807) is 23.0 Å². The van der Waals surface area contributed by atoms with E-state index in [2.05, 4.69) is 0 Å². The highest BCUT2D eigenvalue weighted by Gasteiger charge is 2.25. The normalized spacial score (nSPS) is 13.9. The fourth-order valence-corrected chi connectivity index (χ4v) is 3.01. The zero-order valence-corrected chi connectivity index (χ0v) is 16.0. The van der Waals surface area contributed by atoms with E-state index in [-0.39, 0.29) is 30.8 Å². The average Bonchev–Trinajstić information content (AvgIpc) is 3.17. The molecule has 8 heteroatoms. The Morgan fingerprint density at radius 2 is 1.85 bits per heavy atom. The molecule has 1 aliphatic rings. The van der Waals surface area contributed by atoms with Gasteiger partial charge in [0.2, 0.25) is 5.91 Å². The van der Waals surface area contributed by atoms with Gasteiger partial charge < -0.3 is 24.7 Å². The molecule has 0 atom stereocenters. The van der Waals surface area contributed by atoms with Crippen LogP contribution in [0.4, 0.5) is 0 Å². The van der Waals surface area contributed by atoms with Crippen LogP contribution in [-0.2, 0) is 17.8 Å². The van der Waals surface area contributed by atoms with E-state index in [1.165, 1.54) is 6.26 Å². The Bertz CT molecular complexity index is 785. The molecule has 0 unspecified atom stereocenters. The summed E-state index contributed by atoms with van der Waals surface area (Å²) in [6.45, 7) is 2.32. The van der Waals surface area contributed by atoms with E-state index in [0.717, 1.165) is 11.3 Å². The lowest BCUT2D eigenvalue weighted by Gasteiger charge is -2.34. The van der Waals surface area contributed by atoms with E-state index in [9.17, 15) is 9.59 Å². The molecule has 27 heavy (non-hydrogen) atoms. The molecule has 2 N–H and O–H groups in total. The van der Waals surface area contributed by atoms with Crippen molar-refractivity contribution in [3.05, 3.63) is 53.5 Å². The minimum atomic E-state index is -0.0895. The lowest BCUT2D eigenvalue weighted by Crippen LogP contribution is -2.50. The number of amides is 2. The van der Waals surface area contributed by atoms with Crippen molar-refractivity contribution in [1.82, 2.24) is 9.80 Å². The van der Waals surface area contributed by atoms with Crippen LogP contribution in [0.25, 0.3) is 0 Å². The predicted molar refractivity (Wildman–Crippen MR) is 103 cm³/mol. The van der Waals surface area contributed by atoms with E-state index in [1.807, 2.05) is 24.3 Å². The first-order chi connectivity index (χ1) is 12.6. The van der Waals surface area contributed by atoms with Crippen LogP contribution in [0.3, 0.4) is 0 Å². The van der Waals surface area contributed by atoms with Gasteiger partial charge in [0.05, 0.1) is 25.6 Å². The van der Waals surface area contributed by atoms with Crippen molar-refractivity contribution in [3.63, 3.8) is 0 Å². The number of carbonyl (C=O) groups is 2. The molecule has 2 aromatic rings. The Morgan fingerprint density at radius 1 is 1.15 bits per heavy atom. The van der Waals surface area contributed by atoms with Crippen LogP contribution in [0.15, 0.2) is 41.0 Å². The molecule has 1 aromatic carbocycles. The summed E-state index contributed by atoms with van der Waals surface area (Å²) in [7, 11) is 1.60. The number of piperazine rings is 1. The molecular formula is C19H24ClN3O4. The largest absolute Gasteiger partial charge is 0.497 e. The highest BCUT2D eigenvalue weighted by Crippen LogP contribution is 2.16. The summed E-state index contributed by atoms with van der Waals surface area (Å²) in [4.78, 5) is 28.5. The van der Waals surface area contributed by atoms with Gasteiger partial charge >= 0.3 is 0 Å². The van der Waals surface area contributed by atoms with Gasteiger partial charge in [0.1, 0.15) is 17.8 Å². The van der Waals surface area contributed by atoms with Gasteiger partial charge in [-0.3, -0.25) is 9.59 Å². The van der Waals surface area contributed by atoms with Crippen LogP contribution in [-0.4, -0.2) is 54.9 Å². The number of hydrogen-bond donors (Lipinski definition) is 1. The molecule has 146 valence electrons. The summed E-state index contributed by atoms with van der Waals surface area (Å²) >= 11 is 0. The summed E-state index contributed by atoms with van der Waals surface area (Å²) in [5, 5.41) is 0. The second-order valence-electron chi connectivity index (χ2n) is 6.21. The van der Waals surface area contributed by atoms with E-state index in [4.69, 9.17) is 14.9 Å². The molecule has 2 amide bonds. The SMILES string of the molecule is COc1cccc(CC(=O)N2CCN(C(=O)c3coc(CN)c3)CC2)c1.Cl. The van der Waals surface area contributed by atoms with Crippen LogP contribution < -0.4 is 10.5 Å². The third-order valence-corrected chi connectivity index (χ3v) is 4.51. The number of hydrogen-bond acceptors (Lipinski definition) is 5. The summed E-state index contributed by atoms with van der Waals surface area (Å²) in [5.41, 5.74) is 6.92. The Hall–Kier alpha value is -2.51. The first-order valence-electron chi connectivity index (χ1n) is 8.58. The maximum atomic E-state index is 12.5. The molecule has 1 fully saturated rings. The van der Waals surface area contributed by atoms with Gasteiger partial charge in [-0.05, 0) is 23.8 Å². The smallest absolute Gasteiger partial charge is 0.257 e. The molecule has 7 nitrogen and oxygen atoms in total. The van der Waals surface area contributed by atoms with Gasteiger partial charge in [-0.2, -0.15) is 0 Å². The Kier molecular flexibility index (Phi) is 7.27. The highest BCUT2D eigenvalue weighted by atomic mass is 35.5. The van der Waals surface area contributed by atoms with E-state index < -0.39 is 0 Å². The van der Waals surface area contributed by atoms with Crippen molar-refractivity contribution in [2.75, 3.05) is 33.3 Å². The second kappa shape index (κ2) is 9.43. The number of benzene rings is 1. The van der Waals surface area contributed by atoms with Crippen LogP contribution in [0.2, 0.25) is 0 Å². The molecule has 3 rings (SSSR count). The second-order valence-corrected chi connectivity index (χ2v) is 6.21. The van der Waals surface area contributed by atoms with Crippen LogP contribution >= 0.6 is 12.4 Å². The maximum Gasteiger partial charge on any atom is 0.257 e. The molecule has 0 radical (unpaired) electrons. The quantitative estimate of drug-likeness (QED) is 0.835. The van der Waals surface area contributed by atoms with Gasteiger partial charge in [0.25, 0.3) is 5.91 Å². The summed E-state index contributed by atoms with van der Waals surface area (Å²) < 4.78 is 10.4. The number of ether oxygens (including phenoxy) is 1. The zero-order valence-electron chi connectivity index (χ0n) is 15.2. The molecule has 0 bridgehead atoms. The number of rotatable bonds is 5. The molecule has 1 aliphatic heterocycles. The van der Waals surface area contributed by atoms with Crippen molar-refractivity contribution in [3.8, 4) is 5.75 Å². The van der Waals surface area contributed by atoms with Gasteiger partial charge in [-0.1, -0.05) is 12.1 Å². The van der Waals surface area contributed by atoms with Gasteiger partial charge in [-0.15, -0.1) is 12.4 Å². The van der Waals surface area contributed by atoms with E-state index in [0.29, 0.717) is 43.9 Å². The van der Waals surface area contributed by atoms with Crippen molar-refractivity contribution >= 4 is 24.2 Å². The summed E-state index contributed by atoms with van der Waals surface area (Å²) in [6, 6.07) is 9.17. The predicted octanol–water partition coefficient (Wildman–Crippen LogP) is 1.70. The van der Waals surface area contributed by atoms with Crippen LogP contribution in [0.1, 0.15) is 21.7 Å². The molecule has 1 saturated heterocycles. The van der Waals surface area contributed by atoms with Gasteiger partial charge in [0, 0.05) is 26.2 Å². The Labute approximate surface area is 164 Å². The minimum absolute atomic E-state index is 0. The Morgan fingerprint density at radius 3 is 2.48 bits per heavy atom. The van der Waals surface area contributed by atoms with Crippen molar-refractivity contribution in [2.45, 2.75) is 13.0 Å². The average molecular weight is 394 g/mol. The lowest BCUT2D eigenvalue weighted by molar-refractivity contribution is -0.131. The van der Waals surface area contributed by atoms with Crippen molar-refractivity contribution in [1.29, 1.82) is 0 Å². The monoisotopic (exact) mass is 393 g/mol. The minimum Gasteiger partial charge on any atom is -0.497 e. The summed E-state index contributed by atoms with van der Waals surface area (Å²) in [6.07, 6.45) is 1.76. The number of nitrogens with two attached hydrogens (primary N) is 1. The topological polar surface area (TPSA) is 89.0 Å². The standard InChI is InChI=1S/C19H23N3O4.ClH/c1-25-16-4-2-3-14(9-16)10-18(23)21-5-7-22(8-6-21)19(24)15-11-17(12-20)26-13-15;/h2-4,9,11,13H,5-8,10,12,20H2,1H3;1H. The van der Waals surface area contributed by atoms with Gasteiger partial charge in [-0.25, -0.2) is 0 Å². The summed E-state index contributed by atoms with van der Waals surface area (Å²) in [5.74, 6) is 1.29. The van der Waals surface area contributed by atoms with Crippen molar-refractivity contribution < 1.29 is 18.7 Å². The van der Waals surface area contributed by atoms with Gasteiger partial charge in [0.15, 0.2) is 0 Å². The molecule has 0 aliphatic carbocycles.